The molecule has 12 heavy (non-hydrogen) atoms. The zero-order valence-electron chi connectivity index (χ0n) is 6.71. The molecule has 0 heterocycles. The highest BCUT2D eigenvalue weighted by Gasteiger charge is 2.33. The highest BCUT2D eigenvalue weighted by molar-refractivity contribution is 9.12. The molecule has 2 N–H and O–H groups in total. The van der Waals surface area contributed by atoms with Crippen LogP contribution < -0.4 is 5.73 Å². The number of hydrogen-bond donors (Lipinski definition) is 1. The van der Waals surface area contributed by atoms with E-state index in [1.165, 1.54) is 0 Å². The lowest BCUT2D eigenvalue weighted by Crippen LogP contribution is -2.38. The van der Waals surface area contributed by atoms with Crippen LogP contribution >= 0.6 is 31.9 Å². The standard InChI is InChI=1S/C8H11Br2NO/c1-4-2-3-5(8(11)12)7(10)6(4)9/h2-7H,1H3,(H2,11,12). The van der Waals surface area contributed by atoms with Gasteiger partial charge in [0.25, 0.3) is 0 Å². The Hall–Kier alpha value is 0.170. The molecule has 0 saturated heterocycles. The molecule has 0 spiro atoms. The predicted octanol–water partition coefficient (Wildman–Crippen LogP) is 1.82. The van der Waals surface area contributed by atoms with Gasteiger partial charge in [-0.05, 0) is 5.92 Å². The molecule has 1 amide bonds. The van der Waals surface area contributed by atoms with Gasteiger partial charge in [0.1, 0.15) is 0 Å². The summed E-state index contributed by atoms with van der Waals surface area (Å²) in [6, 6.07) is 0. The number of amides is 1. The fourth-order valence-electron chi connectivity index (χ4n) is 1.25. The summed E-state index contributed by atoms with van der Waals surface area (Å²) < 4.78 is 0. The lowest BCUT2D eigenvalue weighted by Gasteiger charge is -2.29. The number of nitrogens with two attached hydrogens (primary N) is 1. The number of primary amides is 1. The molecule has 0 saturated carbocycles. The molecule has 4 heteroatoms. The van der Waals surface area contributed by atoms with Gasteiger partial charge < -0.3 is 5.73 Å². The van der Waals surface area contributed by atoms with Gasteiger partial charge in [0, 0.05) is 9.65 Å². The summed E-state index contributed by atoms with van der Waals surface area (Å²) in [5.74, 6) is -0.0278. The van der Waals surface area contributed by atoms with Crippen molar-refractivity contribution in [3.63, 3.8) is 0 Å². The van der Waals surface area contributed by atoms with Crippen molar-refractivity contribution in [3.8, 4) is 0 Å². The second-order valence-corrected chi connectivity index (χ2v) is 5.18. The van der Waals surface area contributed by atoms with E-state index in [9.17, 15) is 4.79 Å². The molecule has 0 aromatic rings. The summed E-state index contributed by atoms with van der Waals surface area (Å²) in [6.45, 7) is 2.10. The molecule has 0 aromatic carbocycles. The van der Waals surface area contributed by atoms with Crippen LogP contribution in [0, 0.1) is 11.8 Å². The number of alkyl halides is 2. The first kappa shape index (κ1) is 10.3. The fourth-order valence-corrected chi connectivity index (χ4v) is 2.67. The second-order valence-electron chi connectivity index (χ2n) is 3.06. The van der Waals surface area contributed by atoms with Crippen LogP contribution in [0.25, 0.3) is 0 Å². The summed E-state index contributed by atoms with van der Waals surface area (Å²) in [5.41, 5.74) is 5.22. The van der Waals surface area contributed by atoms with Gasteiger partial charge in [-0.3, -0.25) is 4.79 Å². The second kappa shape index (κ2) is 3.92. The average Bonchev–Trinajstić information content (AvgIpc) is 2.00. The minimum atomic E-state index is -0.274. The van der Waals surface area contributed by atoms with Crippen LogP contribution in [0.3, 0.4) is 0 Å². The molecular weight excluding hydrogens is 286 g/mol. The highest BCUT2D eigenvalue weighted by atomic mass is 79.9. The monoisotopic (exact) mass is 295 g/mol. The number of rotatable bonds is 1. The van der Waals surface area contributed by atoms with E-state index in [0.717, 1.165) is 0 Å². The maximum absolute atomic E-state index is 10.9. The third-order valence-electron chi connectivity index (χ3n) is 2.10. The van der Waals surface area contributed by atoms with E-state index >= 15 is 0 Å². The molecule has 2 nitrogen and oxygen atoms in total. The molecular formula is C8H11Br2NO. The summed E-state index contributed by atoms with van der Waals surface area (Å²) in [5, 5.41) is 0. The van der Waals surface area contributed by atoms with Gasteiger partial charge in [-0.2, -0.15) is 0 Å². The number of hydrogen-bond acceptors (Lipinski definition) is 1. The van der Waals surface area contributed by atoms with Gasteiger partial charge in [0.15, 0.2) is 0 Å². The van der Waals surface area contributed by atoms with E-state index < -0.39 is 0 Å². The van der Waals surface area contributed by atoms with Crippen molar-refractivity contribution in [2.24, 2.45) is 17.6 Å². The van der Waals surface area contributed by atoms with Gasteiger partial charge in [0.2, 0.25) is 5.91 Å². The Bertz CT molecular complexity index is 217. The van der Waals surface area contributed by atoms with Crippen LogP contribution in [0.2, 0.25) is 0 Å². The van der Waals surface area contributed by atoms with Gasteiger partial charge in [0.05, 0.1) is 5.92 Å². The molecule has 68 valence electrons. The molecule has 0 aromatic heterocycles. The van der Waals surface area contributed by atoms with E-state index in [4.69, 9.17) is 5.73 Å². The summed E-state index contributed by atoms with van der Waals surface area (Å²) in [7, 11) is 0. The molecule has 4 unspecified atom stereocenters. The van der Waals surface area contributed by atoms with E-state index in [0.29, 0.717) is 5.92 Å². The highest BCUT2D eigenvalue weighted by Crippen LogP contribution is 2.33. The van der Waals surface area contributed by atoms with Crippen molar-refractivity contribution in [2.45, 2.75) is 16.6 Å². The van der Waals surface area contributed by atoms with Crippen molar-refractivity contribution in [3.05, 3.63) is 12.2 Å². The van der Waals surface area contributed by atoms with Crippen LogP contribution in [-0.2, 0) is 4.79 Å². The Balaban J connectivity index is 2.81. The van der Waals surface area contributed by atoms with Crippen LogP contribution in [0.15, 0.2) is 12.2 Å². The van der Waals surface area contributed by atoms with E-state index in [1.807, 2.05) is 12.2 Å². The van der Waals surface area contributed by atoms with Gasteiger partial charge in [-0.1, -0.05) is 50.9 Å². The Labute approximate surface area is 88.8 Å². The smallest absolute Gasteiger partial charge is 0.225 e. The van der Waals surface area contributed by atoms with Crippen LogP contribution in [0.4, 0.5) is 0 Å². The maximum Gasteiger partial charge on any atom is 0.225 e. The number of carbonyl (C=O) groups is 1. The Morgan fingerprint density at radius 2 is 1.92 bits per heavy atom. The Morgan fingerprint density at radius 1 is 1.33 bits per heavy atom. The third-order valence-corrected chi connectivity index (χ3v) is 5.35. The quantitative estimate of drug-likeness (QED) is 0.582. The van der Waals surface area contributed by atoms with Crippen molar-refractivity contribution in [2.75, 3.05) is 0 Å². The minimum absolute atomic E-state index is 0.106. The maximum atomic E-state index is 10.9. The van der Waals surface area contributed by atoms with Gasteiger partial charge in [-0.25, -0.2) is 0 Å². The summed E-state index contributed by atoms with van der Waals surface area (Å²) in [4.78, 5) is 11.3. The normalized spacial score (nSPS) is 41.2. The molecule has 1 rings (SSSR count). The molecule has 0 fully saturated rings. The first-order valence-electron chi connectivity index (χ1n) is 3.80. The lowest BCUT2D eigenvalue weighted by molar-refractivity contribution is -0.120. The third kappa shape index (κ3) is 1.91. The summed E-state index contributed by atoms with van der Waals surface area (Å²) in [6.07, 6.45) is 3.90. The number of allylic oxidation sites excluding steroid dienone is 1. The predicted molar refractivity (Wildman–Crippen MR) is 56.4 cm³/mol. The minimum Gasteiger partial charge on any atom is -0.369 e. The molecule has 0 radical (unpaired) electrons. The largest absolute Gasteiger partial charge is 0.369 e. The van der Waals surface area contributed by atoms with E-state index in [2.05, 4.69) is 38.8 Å². The first-order chi connectivity index (χ1) is 5.54. The average molecular weight is 297 g/mol. The Morgan fingerprint density at radius 3 is 2.42 bits per heavy atom. The molecule has 1 aliphatic carbocycles. The topological polar surface area (TPSA) is 43.1 Å². The van der Waals surface area contributed by atoms with Gasteiger partial charge >= 0.3 is 0 Å². The molecule has 0 bridgehead atoms. The van der Waals surface area contributed by atoms with Crippen molar-refractivity contribution in [1.29, 1.82) is 0 Å². The van der Waals surface area contributed by atoms with Crippen molar-refractivity contribution in [1.82, 2.24) is 0 Å². The SMILES string of the molecule is CC1C=CC(C(N)=O)C(Br)C1Br. The fraction of sp³-hybridized carbons (Fsp3) is 0.625. The van der Waals surface area contributed by atoms with E-state index in [-0.39, 0.29) is 21.5 Å². The lowest BCUT2D eigenvalue weighted by atomic mass is 9.89. The number of halogens is 2. The van der Waals surface area contributed by atoms with Crippen LogP contribution in [-0.4, -0.2) is 15.6 Å². The molecule has 4 atom stereocenters. The van der Waals surface area contributed by atoms with E-state index in [1.54, 1.807) is 0 Å². The van der Waals surface area contributed by atoms with Gasteiger partial charge in [-0.15, -0.1) is 0 Å². The van der Waals surface area contributed by atoms with Crippen LogP contribution in [0.5, 0.6) is 0 Å². The van der Waals surface area contributed by atoms with Crippen molar-refractivity contribution < 1.29 is 4.79 Å². The first-order valence-corrected chi connectivity index (χ1v) is 5.63. The zero-order valence-corrected chi connectivity index (χ0v) is 9.88. The zero-order chi connectivity index (χ0) is 9.30. The molecule has 0 aliphatic heterocycles. The molecule has 1 aliphatic rings. The summed E-state index contributed by atoms with van der Waals surface area (Å²) >= 11 is 6.98. The van der Waals surface area contributed by atoms with Crippen molar-refractivity contribution >= 4 is 37.8 Å². The van der Waals surface area contributed by atoms with Crippen LogP contribution in [0.1, 0.15) is 6.92 Å². The number of carbonyl (C=O) groups excluding carboxylic acids is 1. The Kier molecular flexibility index (Phi) is 3.35.